The SMILES string of the molecule is N#Cc1ccc(CN2CCN(C(=O)C[C@@H](NC(=O)c3ccccc3)c3ccccc3)CC2)cc1. The fourth-order valence-corrected chi connectivity index (χ4v) is 4.17. The molecular formula is C28H28N4O2. The molecule has 6 heteroatoms. The van der Waals surface area contributed by atoms with Crippen LogP contribution in [0.2, 0.25) is 0 Å². The van der Waals surface area contributed by atoms with E-state index in [-0.39, 0.29) is 18.2 Å². The van der Waals surface area contributed by atoms with Crippen molar-refractivity contribution in [3.05, 3.63) is 107 Å². The van der Waals surface area contributed by atoms with Gasteiger partial charge in [-0.15, -0.1) is 0 Å². The Morgan fingerprint density at radius 2 is 1.47 bits per heavy atom. The zero-order chi connectivity index (χ0) is 23.8. The molecule has 34 heavy (non-hydrogen) atoms. The summed E-state index contributed by atoms with van der Waals surface area (Å²) < 4.78 is 0. The van der Waals surface area contributed by atoms with E-state index in [9.17, 15) is 9.59 Å². The van der Waals surface area contributed by atoms with Crippen molar-refractivity contribution in [3.63, 3.8) is 0 Å². The van der Waals surface area contributed by atoms with Gasteiger partial charge in [0.25, 0.3) is 5.91 Å². The number of benzene rings is 3. The van der Waals surface area contributed by atoms with E-state index in [0.717, 1.165) is 30.8 Å². The second-order valence-corrected chi connectivity index (χ2v) is 8.47. The van der Waals surface area contributed by atoms with Crippen LogP contribution in [0, 0.1) is 11.3 Å². The van der Waals surface area contributed by atoms with Gasteiger partial charge < -0.3 is 10.2 Å². The number of carbonyl (C=O) groups is 2. The third kappa shape index (κ3) is 6.09. The standard InChI is InChI=1S/C28H28N4O2/c29-20-22-11-13-23(14-12-22)21-31-15-17-32(18-16-31)27(33)19-26(24-7-3-1-4-8-24)30-28(34)25-9-5-2-6-10-25/h1-14,26H,15-19,21H2,(H,30,34)/t26-/m1/s1. The summed E-state index contributed by atoms with van der Waals surface area (Å²) in [6.45, 7) is 3.69. The van der Waals surface area contributed by atoms with Gasteiger partial charge in [0.05, 0.1) is 24.1 Å². The summed E-state index contributed by atoms with van der Waals surface area (Å²) in [4.78, 5) is 30.1. The van der Waals surface area contributed by atoms with Crippen LogP contribution in [0.4, 0.5) is 0 Å². The zero-order valence-corrected chi connectivity index (χ0v) is 19.1. The molecule has 1 heterocycles. The van der Waals surface area contributed by atoms with Gasteiger partial charge in [0.15, 0.2) is 0 Å². The molecule has 2 amide bonds. The molecule has 0 bridgehead atoms. The minimum atomic E-state index is -0.391. The number of nitrogens with one attached hydrogen (secondary N) is 1. The third-order valence-electron chi connectivity index (χ3n) is 6.14. The van der Waals surface area contributed by atoms with Gasteiger partial charge in [-0.3, -0.25) is 14.5 Å². The van der Waals surface area contributed by atoms with Crippen molar-refractivity contribution in [1.82, 2.24) is 15.1 Å². The van der Waals surface area contributed by atoms with Gasteiger partial charge in [0, 0.05) is 38.3 Å². The molecule has 0 aliphatic carbocycles. The van der Waals surface area contributed by atoms with Gasteiger partial charge in [-0.1, -0.05) is 60.7 Å². The molecule has 1 fully saturated rings. The van der Waals surface area contributed by atoms with Gasteiger partial charge in [-0.05, 0) is 35.4 Å². The molecule has 4 rings (SSSR count). The maximum atomic E-state index is 13.2. The van der Waals surface area contributed by atoms with Crippen molar-refractivity contribution in [1.29, 1.82) is 5.26 Å². The summed E-state index contributed by atoms with van der Waals surface area (Å²) in [6.07, 6.45) is 0.220. The molecule has 0 saturated carbocycles. The quantitative estimate of drug-likeness (QED) is 0.592. The Morgan fingerprint density at radius 3 is 2.09 bits per heavy atom. The summed E-state index contributed by atoms with van der Waals surface area (Å²) in [7, 11) is 0. The first-order valence-electron chi connectivity index (χ1n) is 11.5. The molecule has 172 valence electrons. The van der Waals surface area contributed by atoms with E-state index in [1.54, 1.807) is 12.1 Å². The first-order chi connectivity index (χ1) is 16.6. The molecule has 1 atom stereocenters. The molecule has 3 aromatic rings. The predicted octanol–water partition coefficient (Wildman–Crippen LogP) is 3.76. The number of carbonyl (C=O) groups excluding carboxylic acids is 2. The Morgan fingerprint density at radius 1 is 0.853 bits per heavy atom. The van der Waals surface area contributed by atoms with E-state index < -0.39 is 6.04 Å². The fourth-order valence-electron chi connectivity index (χ4n) is 4.17. The lowest BCUT2D eigenvalue weighted by atomic mass is 10.0. The van der Waals surface area contributed by atoms with Crippen LogP contribution in [0.15, 0.2) is 84.9 Å². The molecule has 3 aromatic carbocycles. The van der Waals surface area contributed by atoms with Crippen molar-refractivity contribution in [3.8, 4) is 6.07 Å². The molecule has 0 unspecified atom stereocenters. The van der Waals surface area contributed by atoms with E-state index in [0.29, 0.717) is 24.2 Å². The molecular weight excluding hydrogens is 424 g/mol. The van der Waals surface area contributed by atoms with E-state index in [4.69, 9.17) is 5.26 Å². The van der Waals surface area contributed by atoms with Crippen LogP contribution in [0.1, 0.15) is 39.5 Å². The summed E-state index contributed by atoms with van der Waals surface area (Å²) in [6, 6.07) is 28.1. The van der Waals surface area contributed by atoms with Crippen LogP contribution in [-0.4, -0.2) is 47.8 Å². The van der Waals surface area contributed by atoms with Crippen molar-refractivity contribution in [2.75, 3.05) is 26.2 Å². The van der Waals surface area contributed by atoms with Gasteiger partial charge in [-0.2, -0.15) is 5.26 Å². The van der Waals surface area contributed by atoms with Gasteiger partial charge >= 0.3 is 0 Å². The van der Waals surface area contributed by atoms with E-state index >= 15 is 0 Å². The first-order valence-corrected chi connectivity index (χ1v) is 11.5. The van der Waals surface area contributed by atoms with E-state index in [2.05, 4.69) is 16.3 Å². The highest BCUT2D eigenvalue weighted by Gasteiger charge is 2.25. The zero-order valence-electron chi connectivity index (χ0n) is 19.1. The average molecular weight is 453 g/mol. The van der Waals surface area contributed by atoms with Crippen LogP contribution < -0.4 is 5.32 Å². The normalized spacial score (nSPS) is 14.7. The Hall–Kier alpha value is -3.95. The average Bonchev–Trinajstić information content (AvgIpc) is 2.90. The van der Waals surface area contributed by atoms with Crippen LogP contribution in [0.25, 0.3) is 0 Å². The van der Waals surface area contributed by atoms with Crippen LogP contribution >= 0.6 is 0 Å². The topological polar surface area (TPSA) is 76.4 Å². The lowest BCUT2D eigenvalue weighted by Gasteiger charge is -2.35. The second kappa shape index (κ2) is 11.3. The van der Waals surface area contributed by atoms with Crippen molar-refractivity contribution >= 4 is 11.8 Å². The molecule has 0 aromatic heterocycles. The summed E-state index contributed by atoms with van der Waals surface area (Å²) >= 11 is 0. The largest absolute Gasteiger partial charge is 0.345 e. The lowest BCUT2D eigenvalue weighted by Crippen LogP contribution is -2.49. The summed E-state index contributed by atoms with van der Waals surface area (Å²) in [5, 5.41) is 12.0. The maximum Gasteiger partial charge on any atom is 0.251 e. The number of amides is 2. The van der Waals surface area contributed by atoms with Gasteiger partial charge in [-0.25, -0.2) is 0 Å². The minimum absolute atomic E-state index is 0.0419. The smallest absolute Gasteiger partial charge is 0.251 e. The fraction of sp³-hybridized carbons (Fsp3) is 0.250. The van der Waals surface area contributed by atoms with Crippen molar-refractivity contribution in [2.45, 2.75) is 19.0 Å². The van der Waals surface area contributed by atoms with Crippen LogP contribution in [0.3, 0.4) is 0 Å². The molecule has 1 saturated heterocycles. The lowest BCUT2D eigenvalue weighted by molar-refractivity contribution is -0.133. The van der Waals surface area contributed by atoms with E-state index in [1.165, 1.54) is 0 Å². The number of nitrogens with zero attached hydrogens (tertiary/aromatic N) is 3. The number of piperazine rings is 1. The number of hydrogen-bond acceptors (Lipinski definition) is 4. The Kier molecular flexibility index (Phi) is 7.69. The monoisotopic (exact) mass is 452 g/mol. The molecule has 1 aliphatic rings. The summed E-state index contributed by atoms with van der Waals surface area (Å²) in [5.41, 5.74) is 3.31. The second-order valence-electron chi connectivity index (χ2n) is 8.47. The van der Waals surface area contributed by atoms with E-state index in [1.807, 2.05) is 77.7 Å². The molecule has 0 spiro atoms. The number of nitriles is 1. The molecule has 6 nitrogen and oxygen atoms in total. The molecule has 1 aliphatic heterocycles. The minimum Gasteiger partial charge on any atom is -0.345 e. The van der Waals surface area contributed by atoms with Crippen LogP contribution in [-0.2, 0) is 11.3 Å². The Balaban J connectivity index is 1.35. The van der Waals surface area contributed by atoms with Crippen molar-refractivity contribution in [2.24, 2.45) is 0 Å². The Labute approximate surface area is 200 Å². The third-order valence-corrected chi connectivity index (χ3v) is 6.14. The predicted molar refractivity (Wildman–Crippen MR) is 131 cm³/mol. The van der Waals surface area contributed by atoms with Crippen molar-refractivity contribution < 1.29 is 9.59 Å². The van der Waals surface area contributed by atoms with Crippen LogP contribution in [0.5, 0.6) is 0 Å². The Bertz CT molecular complexity index is 1130. The summed E-state index contributed by atoms with van der Waals surface area (Å²) in [5.74, 6) is -0.144. The number of hydrogen-bond donors (Lipinski definition) is 1. The maximum absolute atomic E-state index is 13.2. The molecule has 1 N–H and O–H groups in total. The highest BCUT2D eigenvalue weighted by molar-refractivity contribution is 5.94. The number of rotatable bonds is 7. The first kappa shape index (κ1) is 23.2. The molecule has 0 radical (unpaired) electrons. The highest BCUT2D eigenvalue weighted by atomic mass is 16.2. The highest BCUT2D eigenvalue weighted by Crippen LogP contribution is 2.20. The van der Waals surface area contributed by atoms with Gasteiger partial charge in [0.2, 0.25) is 5.91 Å². The van der Waals surface area contributed by atoms with Gasteiger partial charge in [0.1, 0.15) is 0 Å².